The van der Waals surface area contributed by atoms with Gasteiger partial charge >= 0.3 is 5.97 Å². The van der Waals surface area contributed by atoms with E-state index in [1.807, 2.05) is 13.0 Å². The number of hydrogen-bond acceptors (Lipinski definition) is 4. The second-order valence-corrected chi connectivity index (χ2v) is 5.03. The molecule has 0 bridgehead atoms. The van der Waals surface area contributed by atoms with Gasteiger partial charge in [0.05, 0.1) is 5.56 Å². The number of carboxylic acid groups (broad SMARTS) is 1. The van der Waals surface area contributed by atoms with E-state index in [-0.39, 0.29) is 11.5 Å². The van der Waals surface area contributed by atoms with Crippen molar-refractivity contribution in [1.82, 2.24) is 9.97 Å². The molecule has 0 aliphatic carbocycles. The second-order valence-electron chi connectivity index (χ2n) is 3.95. The zero-order chi connectivity index (χ0) is 14.7. The van der Waals surface area contributed by atoms with Gasteiger partial charge in [0, 0.05) is 16.0 Å². The number of carbonyl (C=O) groups is 2. The number of halogens is 1. The Balaban J connectivity index is 2.33. The first-order valence-electron chi connectivity index (χ1n) is 5.61. The minimum atomic E-state index is -1.24. The molecule has 102 valence electrons. The number of benzene rings is 1. The fraction of sp³-hybridized carbons (Fsp3) is 0.0769. The molecule has 0 radical (unpaired) electrons. The van der Waals surface area contributed by atoms with Crippen LogP contribution in [0.2, 0.25) is 0 Å². The largest absolute Gasteiger partial charge is 0.476 e. The lowest BCUT2D eigenvalue weighted by molar-refractivity contribution is 0.0691. The summed E-state index contributed by atoms with van der Waals surface area (Å²) in [6.07, 6.45) is 2.58. The van der Waals surface area contributed by atoms with Gasteiger partial charge in [0.15, 0.2) is 11.5 Å². The van der Waals surface area contributed by atoms with Gasteiger partial charge in [-0.25, -0.2) is 14.8 Å². The van der Waals surface area contributed by atoms with Crippen LogP contribution in [0.25, 0.3) is 0 Å². The van der Waals surface area contributed by atoms with Crippen LogP contribution in [0.15, 0.2) is 30.6 Å². The summed E-state index contributed by atoms with van der Waals surface area (Å²) in [5, 5.41) is 11.5. The van der Waals surface area contributed by atoms with E-state index in [1.54, 1.807) is 12.1 Å². The molecule has 0 fully saturated rings. The molecule has 1 aromatic heterocycles. The molecule has 6 nitrogen and oxygen atoms in total. The summed E-state index contributed by atoms with van der Waals surface area (Å²) < 4.78 is 0.809. The van der Waals surface area contributed by atoms with Crippen molar-refractivity contribution >= 4 is 40.3 Å². The SMILES string of the molecule is Cc1cccc(C(=O)Nc2nccnc2C(=O)O)c1I. The van der Waals surface area contributed by atoms with E-state index in [2.05, 4.69) is 37.9 Å². The summed E-state index contributed by atoms with van der Waals surface area (Å²) >= 11 is 2.07. The normalized spacial score (nSPS) is 10.1. The summed E-state index contributed by atoms with van der Waals surface area (Å²) in [4.78, 5) is 30.7. The molecule has 0 aliphatic heterocycles. The van der Waals surface area contributed by atoms with Crippen LogP contribution in [0.4, 0.5) is 5.82 Å². The van der Waals surface area contributed by atoms with Crippen LogP contribution >= 0.6 is 22.6 Å². The highest BCUT2D eigenvalue weighted by molar-refractivity contribution is 14.1. The maximum atomic E-state index is 12.2. The van der Waals surface area contributed by atoms with E-state index in [9.17, 15) is 9.59 Å². The number of nitrogens with zero attached hydrogens (tertiary/aromatic N) is 2. The molecule has 0 aliphatic rings. The van der Waals surface area contributed by atoms with Crippen molar-refractivity contribution in [3.8, 4) is 0 Å². The Hall–Kier alpha value is -2.03. The third-order valence-corrected chi connectivity index (χ3v) is 4.00. The molecule has 0 atom stereocenters. The maximum Gasteiger partial charge on any atom is 0.358 e. The van der Waals surface area contributed by atoms with Gasteiger partial charge in [-0.1, -0.05) is 12.1 Å². The molecule has 2 rings (SSSR count). The van der Waals surface area contributed by atoms with Crippen molar-refractivity contribution in [2.45, 2.75) is 6.92 Å². The number of rotatable bonds is 3. The van der Waals surface area contributed by atoms with Crippen LogP contribution in [0.5, 0.6) is 0 Å². The number of carbonyl (C=O) groups excluding carboxylic acids is 1. The van der Waals surface area contributed by atoms with Crippen molar-refractivity contribution in [3.05, 3.63) is 51.0 Å². The molecule has 2 aromatic rings. The lowest BCUT2D eigenvalue weighted by Crippen LogP contribution is -2.18. The molecule has 0 saturated heterocycles. The summed E-state index contributed by atoms with van der Waals surface area (Å²) in [5.41, 5.74) is 1.15. The Bertz CT molecular complexity index is 688. The lowest BCUT2D eigenvalue weighted by Gasteiger charge is -2.09. The Kier molecular flexibility index (Phi) is 4.28. The quantitative estimate of drug-likeness (QED) is 0.794. The number of carboxylic acids is 1. The number of hydrogen-bond donors (Lipinski definition) is 2. The minimum absolute atomic E-state index is 0.0673. The summed E-state index contributed by atoms with van der Waals surface area (Å²) in [6, 6.07) is 5.33. The standard InChI is InChI=1S/C13H10IN3O3/c1-7-3-2-4-8(9(7)14)12(18)17-11-10(13(19)20)15-5-6-16-11/h2-6H,1H3,(H,19,20)(H,16,17,18). The summed E-state index contributed by atoms with van der Waals surface area (Å²) in [6.45, 7) is 1.89. The second kappa shape index (κ2) is 5.95. The predicted octanol–water partition coefficient (Wildman–Crippen LogP) is 2.34. The summed E-state index contributed by atoms with van der Waals surface area (Å²) in [7, 11) is 0. The van der Waals surface area contributed by atoms with Crippen molar-refractivity contribution in [3.63, 3.8) is 0 Å². The average molecular weight is 383 g/mol. The predicted molar refractivity (Wildman–Crippen MR) is 80.8 cm³/mol. The molecule has 2 N–H and O–H groups in total. The number of anilines is 1. The zero-order valence-electron chi connectivity index (χ0n) is 10.4. The van der Waals surface area contributed by atoms with E-state index in [0.29, 0.717) is 5.56 Å². The highest BCUT2D eigenvalue weighted by Gasteiger charge is 2.17. The van der Waals surface area contributed by atoms with Gasteiger partial charge in [-0.2, -0.15) is 0 Å². The topological polar surface area (TPSA) is 92.2 Å². The molecule has 1 heterocycles. The van der Waals surface area contributed by atoms with Crippen molar-refractivity contribution in [2.75, 3.05) is 5.32 Å². The highest BCUT2D eigenvalue weighted by atomic mass is 127. The van der Waals surface area contributed by atoms with Crippen LogP contribution in [-0.2, 0) is 0 Å². The number of amides is 1. The van der Waals surface area contributed by atoms with Crippen LogP contribution in [0.1, 0.15) is 26.4 Å². The minimum Gasteiger partial charge on any atom is -0.476 e. The van der Waals surface area contributed by atoms with Crippen LogP contribution in [-0.4, -0.2) is 27.0 Å². The zero-order valence-corrected chi connectivity index (χ0v) is 12.6. The highest BCUT2D eigenvalue weighted by Crippen LogP contribution is 2.18. The molecule has 0 unspecified atom stereocenters. The summed E-state index contributed by atoms with van der Waals surface area (Å²) in [5.74, 6) is -1.73. The third-order valence-electron chi connectivity index (χ3n) is 2.57. The monoisotopic (exact) mass is 383 g/mol. The van der Waals surface area contributed by atoms with Crippen LogP contribution < -0.4 is 5.32 Å². The van der Waals surface area contributed by atoms with E-state index < -0.39 is 11.9 Å². The molecular formula is C13H10IN3O3. The Morgan fingerprint density at radius 3 is 2.65 bits per heavy atom. The van der Waals surface area contributed by atoms with Gasteiger partial charge in [-0.05, 0) is 41.1 Å². The first-order valence-corrected chi connectivity index (χ1v) is 6.69. The Morgan fingerprint density at radius 2 is 1.95 bits per heavy atom. The Labute approximate surface area is 128 Å². The van der Waals surface area contributed by atoms with E-state index in [0.717, 1.165) is 9.13 Å². The van der Waals surface area contributed by atoms with Gasteiger partial charge in [-0.15, -0.1) is 0 Å². The number of aryl methyl sites for hydroxylation is 1. The fourth-order valence-corrected chi connectivity index (χ4v) is 2.19. The Morgan fingerprint density at radius 1 is 1.25 bits per heavy atom. The van der Waals surface area contributed by atoms with E-state index in [1.165, 1.54) is 12.4 Å². The molecule has 1 amide bonds. The van der Waals surface area contributed by atoms with Gasteiger partial charge in [-0.3, -0.25) is 4.79 Å². The third kappa shape index (κ3) is 2.93. The number of aromatic nitrogens is 2. The van der Waals surface area contributed by atoms with E-state index >= 15 is 0 Å². The van der Waals surface area contributed by atoms with Gasteiger partial charge in [0.25, 0.3) is 5.91 Å². The van der Waals surface area contributed by atoms with Crippen LogP contribution in [0.3, 0.4) is 0 Å². The average Bonchev–Trinajstić information content (AvgIpc) is 2.42. The van der Waals surface area contributed by atoms with Crippen molar-refractivity contribution in [1.29, 1.82) is 0 Å². The van der Waals surface area contributed by atoms with Gasteiger partial charge in [0.1, 0.15) is 0 Å². The van der Waals surface area contributed by atoms with Gasteiger partial charge < -0.3 is 10.4 Å². The number of nitrogens with one attached hydrogen (secondary N) is 1. The smallest absolute Gasteiger partial charge is 0.358 e. The molecule has 0 spiro atoms. The van der Waals surface area contributed by atoms with Crippen molar-refractivity contribution < 1.29 is 14.7 Å². The van der Waals surface area contributed by atoms with Gasteiger partial charge in [0.2, 0.25) is 0 Å². The fourth-order valence-electron chi connectivity index (χ4n) is 1.58. The molecule has 1 aromatic carbocycles. The van der Waals surface area contributed by atoms with Crippen LogP contribution in [0, 0.1) is 10.5 Å². The first kappa shape index (κ1) is 14.4. The molecule has 20 heavy (non-hydrogen) atoms. The van der Waals surface area contributed by atoms with E-state index in [4.69, 9.17) is 5.11 Å². The van der Waals surface area contributed by atoms with Crippen molar-refractivity contribution in [2.24, 2.45) is 0 Å². The molecule has 7 heteroatoms. The maximum absolute atomic E-state index is 12.2. The molecule has 0 saturated carbocycles. The number of aromatic carboxylic acids is 1. The lowest BCUT2D eigenvalue weighted by atomic mass is 10.1. The first-order chi connectivity index (χ1) is 9.50. The molecular weight excluding hydrogens is 373 g/mol.